The van der Waals surface area contributed by atoms with E-state index >= 15 is 0 Å². The Kier molecular flexibility index (Phi) is 3.74. The van der Waals surface area contributed by atoms with Crippen molar-refractivity contribution in [1.29, 1.82) is 5.26 Å². The first kappa shape index (κ1) is 16.0. The molecule has 0 unspecified atom stereocenters. The van der Waals surface area contributed by atoms with Gasteiger partial charge >= 0.3 is 0 Å². The van der Waals surface area contributed by atoms with Crippen molar-refractivity contribution in [1.82, 2.24) is 19.5 Å². The SMILES string of the molecule is Cc1ccc(-c2nc(C#N)c3nc(C)n(-c4ccc(C)cc4)c3n2)cc1. The number of aromatic nitrogens is 4. The zero-order valence-corrected chi connectivity index (χ0v) is 14.9. The summed E-state index contributed by atoms with van der Waals surface area (Å²) in [7, 11) is 0. The molecule has 0 aliphatic rings. The number of benzene rings is 2. The Labute approximate surface area is 151 Å². The normalized spacial score (nSPS) is 10.8. The van der Waals surface area contributed by atoms with Crippen molar-refractivity contribution in [3.05, 3.63) is 71.2 Å². The Bertz CT molecular complexity index is 1150. The number of hydrogen-bond acceptors (Lipinski definition) is 4. The van der Waals surface area contributed by atoms with Crippen molar-refractivity contribution < 1.29 is 0 Å². The van der Waals surface area contributed by atoms with E-state index in [0.29, 0.717) is 22.7 Å². The van der Waals surface area contributed by atoms with Gasteiger partial charge in [0.2, 0.25) is 0 Å². The Morgan fingerprint density at radius 1 is 0.808 bits per heavy atom. The predicted octanol–water partition coefficient (Wildman–Crippen LogP) is 4.28. The van der Waals surface area contributed by atoms with E-state index in [9.17, 15) is 5.26 Å². The molecule has 0 atom stereocenters. The minimum atomic E-state index is 0.291. The maximum Gasteiger partial charge on any atom is 0.172 e. The summed E-state index contributed by atoms with van der Waals surface area (Å²) in [6.07, 6.45) is 0. The van der Waals surface area contributed by atoms with Crippen molar-refractivity contribution in [3.8, 4) is 23.1 Å². The molecular formula is C21H17N5. The second-order valence-corrected chi connectivity index (χ2v) is 6.38. The van der Waals surface area contributed by atoms with Crippen LogP contribution in [0.3, 0.4) is 0 Å². The third-order valence-corrected chi connectivity index (χ3v) is 4.38. The van der Waals surface area contributed by atoms with Gasteiger partial charge in [-0.2, -0.15) is 5.26 Å². The van der Waals surface area contributed by atoms with Gasteiger partial charge in [0.05, 0.1) is 0 Å². The van der Waals surface area contributed by atoms with Gasteiger partial charge in [-0.1, -0.05) is 47.5 Å². The first-order valence-corrected chi connectivity index (χ1v) is 8.38. The fourth-order valence-corrected chi connectivity index (χ4v) is 2.98. The van der Waals surface area contributed by atoms with Crippen LogP contribution in [0.4, 0.5) is 0 Å². The van der Waals surface area contributed by atoms with Crippen molar-refractivity contribution >= 4 is 11.2 Å². The molecule has 0 aliphatic heterocycles. The van der Waals surface area contributed by atoms with E-state index in [0.717, 1.165) is 22.6 Å². The maximum atomic E-state index is 9.57. The number of nitriles is 1. The number of rotatable bonds is 2. The summed E-state index contributed by atoms with van der Waals surface area (Å²) in [6.45, 7) is 5.99. The standard InChI is InChI=1S/C21H17N5/c1-13-4-8-16(9-5-13)20-24-18(12-22)19-21(25-20)26(15(3)23-19)17-10-6-14(2)7-11-17/h4-11H,1-3H3. The van der Waals surface area contributed by atoms with Crippen LogP contribution in [0.1, 0.15) is 22.6 Å². The average Bonchev–Trinajstić information content (AvgIpc) is 2.98. The van der Waals surface area contributed by atoms with Gasteiger partial charge < -0.3 is 0 Å². The van der Waals surface area contributed by atoms with Crippen LogP contribution in [-0.2, 0) is 0 Å². The second kappa shape index (κ2) is 6.08. The van der Waals surface area contributed by atoms with E-state index < -0.39 is 0 Å². The molecule has 5 heteroatoms. The van der Waals surface area contributed by atoms with Gasteiger partial charge in [-0.05, 0) is 32.9 Å². The Balaban J connectivity index is 2.00. The fourth-order valence-electron chi connectivity index (χ4n) is 2.98. The lowest BCUT2D eigenvalue weighted by Crippen LogP contribution is -2.01. The third kappa shape index (κ3) is 2.62. The molecule has 0 spiro atoms. The molecule has 0 fully saturated rings. The maximum absolute atomic E-state index is 9.57. The minimum Gasteiger partial charge on any atom is -0.281 e. The van der Waals surface area contributed by atoms with Crippen LogP contribution in [0.15, 0.2) is 48.5 Å². The van der Waals surface area contributed by atoms with Crippen LogP contribution >= 0.6 is 0 Å². The van der Waals surface area contributed by atoms with Crippen LogP contribution in [0, 0.1) is 32.1 Å². The molecule has 0 N–H and O–H groups in total. The topological polar surface area (TPSA) is 67.4 Å². The summed E-state index contributed by atoms with van der Waals surface area (Å²) < 4.78 is 1.97. The lowest BCUT2D eigenvalue weighted by Gasteiger charge is -2.08. The molecule has 0 radical (unpaired) electrons. The lowest BCUT2D eigenvalue weighted by atomic mass is 10.1. The molecule has 0 saturated carbocycles. The van der Waals surface area contributed by atoms with E-state index in [1.807, 2.05) is 73.9 Å². The highest BCUT2D eigenvalue weighted by Gasteiger charge is 2.17. The predicted molar refractivity (Wildman–Crippen MR) is 101 cm³/mol. The molecule has 5 nitrogen and oxygen atoms in total. The van der Waals surface area contributed by atoms with Crippen molar-refractivity contribution in [2.45, 2.75) is 20.8 Å². The van der Waals surface area contributed by atoms with Crippen LogP contribution < -0.4 is 0 Å². The van der Waals surface area contributed by atoms with Crippen molar-refractivity contribution in [2.75, 3.05) is 0 Å². The summed E-state index contributed by atoms with van der Waals surface area (Å²) in [5, 5.41) is 9.57. The van der Waals surface area contributed by atoms with E-state index in [4.69, 9.17) is 4.98 Å². The van der Waals surface area contributed by atoms with Gasteiger partial charge in [0.25, 0.3) is 0 Å². The van der Waals surface area contributed by atoms with E-state index in [1.54, 1.807) is 0 Å². The number of nitrogens with zero attached hydrogens (tertiary/aromatic N) is 5. The van der Waals surface area contributed by atoms with Crippen LogP contribution in [-0.4, -0.2) is 19.5 Å². The summed E-state index contributed by atoms with van der Waals surface area (Å²) in [4.78, 5) is 13.7. The first-order chi connectivity index (χ1) is 12.6. The molecule has 0 bridgehead atoms. The zero-order valence-electron chi connectivity index (χ0n) is 14.9. The number of imidazole rings is 1. The molecule has 4 aromatic rings. The molecule has 26 heavy (non-hydrogen) atoms. The molecular weight excluding hydrogens is 322 g/mol. The fraction of sp³-hybridized carbons (Fsp3) is 0.143. The Morgan fingerprint density at radius 3 is 2.04 bits per heavy atom. The molecule has 0 saturated heterocycles. The number of fused-ring (bicyclic) bond motifs is 1. The highest BCUT2D eigenvalue weighted by molar-refractivity contribution is 5.81. The highest BCUT2D eigenvalue weighted by atomic mass is 15.1. The summed E-state index contributed by atoms with van der Waals surface area (Å²) in [6, 6.07) is 18.3. The summed E-state index contributed by atoms with van der Waals surface area (Å²) >= 11 is 0. The van der Waals surface area contributed by atoms with E-state index in [1.165, 1.54) is 5.56 Å². The smallest absolute Gasteiger partial charge is 0.172 e. The van der Waals surface area contributed by atoms with Crippen LogP contribution in [0.5, 0.6) is 0 Å². The van der Waals surface area contributed by atoms with Crippen LogP contribution in [0.25, 0.3) is 28.2 Å². The number of aryl methyl sites for hydroxylation is 3. The number of hydrogen-bond donors (Lipinski definition) is 0. The molecule has 2 aromatic carbocycles. The molecule has 2 heterocycles. The van der Waals surface area contributed by atoms with Gasteiger partial charge in [0, 0.05) is 11.3 Å². The van der Waals surface area contributed by atoms with Crippen molar-refractivity contribution in [3.63, 3.8) is 0 Å². The minimum absolute atomic E-state index is 0.291. The summed E-state index contributed by atoms with van der Waals surface area (Å²) in [5.41, 5.74) is 5.66. The largest absolute Gasteiger partial charge is 0.281 e. The van der Waals surface area contributed by atoms with Gasteiger partial charge in [-0.15, -0.1) is 0 Å². The average molecular weight is 339 g/mol. The van der Waals surface area contributed by atoms with Crippen LogP contribution in [0.2, 0.25) is 0 Å². The van der Waals surface area contributed by atoms with Gasteiger partial charge in [-0.25, -0.2) is 15.0 Å². The Hall–Kier alpha value is -3.52. The molecule has 126 valence electrons. The zero-order chi connectivity index (χ0) is 18.3. The van der Waals surface area contributed by atoms with E-state index in [-0.39, 0.29) is 0 Å². The van der Waals surface area contributed by atoms with E-state index in [2.05, 4.69) is 16.0 Å². The second-order valence-electron chi connectivity index (χ2n) is 6.38. The van der Waals surface area contributed by atoms with Crippen molar-refractivity contribution in [2.24, 2.45) is 0 Å². The molecule has 0 aliphatic carbocycles. The highest BCUT2D eigenvalue weighted by Crippen LogP contribution is 2.25. The molecule has 2 aromatic heterocycles. The summed E-state index contributed by atoms with van der Waals surface area (Å²) in [5.74, 6) is 1.30. The lowest BCUT2D eigenvalue weighted by molar-refractivity contribution is 0.985. The van der Waals surface area contributed by atoms with Gasteiger partial charge in [0.15, 0.2) is 17.2 Å². The third-order valence-electron chi connectivity index (χ3n) is 4.38. The quantitative estimate of drug-likeness (QED) is 0.547. The van der Waals surface area contributed by atoms with Gasteiger partial charge in [0.1, 0.15) is 17.4 Å². The monoisotopic (exact) mass is 339 g/mol. The first-order valence-electron chi connectivity index (χ1n) is 8.38. The van der Waals surface area contributed by atoms with Gasteiger partial charge in [-0.3, -0.25) is 4.57 Å². The Morgan fingerprint density at radius 2 is 1.42 bits per heavy atom. The molecule has 4 rings (SSSR count). The molecule has 0 amide bonds.